The number of anilines is 2. The molecule has 1 aliphatic rings. The predicted octanol–water partition coefficient (Wildman–Crippen LogP) is 4.47. The lowest BCUT2D eigenvalue weighted by molar-refractivity contribution is -0.134. The van der Waals surface area contributed by atoms with Crippen molar-refractivity contribution in [3.63, 3.8) is 0 Å². The average Bonchev–Trinajstić information content (AvgIpc) is 3.02. The maximum atomic E-state index is 12.6. The second-order valence-corrected chi connectivity index (χ2v) is 8.78. The number of aryl methyl sites for hydroxylation is 1. The third-order valence-corrected chi connectivity index (χ3v) is 6.47. The molecule has 0 unspecified atom stereocenters. The Balaban J connectivity index is 1.54. The summed E-state index contributed by atoms with van der Waals surface area (Å²) in [5.74, 6) is 0.626. The Morgan fingerprint density at radius 3 is 2.60 bits per heavy atom. The summed E-state index contributed by atoms with van der Waals surface area (Å²) < 4.78 is 0.820. The fraction of sp³-hybridized carbons (Fsp3) is 0.500. The summed E-state index contributed by atoms with van der Waals surface area (Å²) in [6, 6.07) is 8.82. The van der Waals surface area contributed by atoms with Crippen LogP contribution >= 0.6 is 23.1 Å². The van der Waals surface area contributed by atoms with Crippen LogP contribution in [0.3, 0.4) is 0 Å². The quantitative estimate of drug-likeness (QED) is 0.780. The van der Waals surface area contributed by atoms with E-state index >= 15 is 0 Å². The topological polar surface area (TPSA) is 58.1 Å². The first-order valence-electron chi connectivity index (χ1n) is 8.64. The normalized spacial score (nSPS) is 20.5. The van der Waals surface area contributed by atoms with Crippen LogP contribution in [0, 0.1) is 6.92 Å². The molecule has 1 aromatic heterocycles. The SMILES string of the molecule is Cc1ccc(Nc2nnc(SCC(=O)N3[C@H](C)CCC[C@H]3C)s2)cc1. The lowest BCUT2D eigenvalue weighted by Crippen LogP contribution is -2.48. The van der Waals surface area contributed by atoms with Crippen molar-refractivity contribution in [1.82, 2.24) is 15.1 Å². The van der Waals surface area contributed by atoms with Gasteiger partial charge >= 0.3 is 0 Å². The molecule has 134 valence electrons. The number of nitrogens with zero attached hydrogens (tertiary/aromatic N) is 3. The minimum atomic E-state index is 0.202. The highest BCUT2D eigenvalue weighted by atomic mass is 32.2. The first-order valence-corrected chi connectivity index (χ1v) is 10.4. The van der Waals surface area contributed by atoms with Gasteiger partial charge in [-0.2, -0.15) is 0 Å². The van der Waals surface area contributed by atoms with Gasteiger partial charge in [0.05, 0.1) is 5.75 Å². The van der Waals surface area contributed by atoms with Crippen LogP contribution in [0.1, 0.15) is 38.7 Å². The lowest BCUT2D eigenvalue weighted by atomic mass is 9.98. The number of piperidine rings is 1. The molecule has 1 aromatic carbocycles. The third kappa shape index (κ3) is 4.73. The maximum absolute atomic E-state index is 12.6. The Labute approximate surface area is 157 Å². The molecule has 0 aliphatic carbocycles. The van der Waals surface area contributed by atoms with E-state index in [1.807, 2.05) is 17.0 Å². The molecule has 0 radical (unpaired) electrons. The van der Waals surface area contributed by atoms with Crippen molar-refractivity contribution in [2.24, 2.45) is 0 Å². The monoisotopic (exact) mass is 376 g/mol. The van der Waals surface area contributed by atoms with E-state index in [-0.39, 0.29) is 5.91 Å². The van der Waals surface area contributed by atoms with Crippen molar-refractivity contribution in [3.8, 4) is 0 Å². The number of rotatable bonds is 5. The largest absolute Gasteiger partial charge is 0.337 e. The Morgan fingerprint density at radius 2 is 1.92 bits per heavy atom. The molecule has 2 atom stereocenters. The van der Waals surface area contributed by atoms with E-state index in [0.29, 0.717) is 17.8 Å². The Hall–Kier alpha value is -1.60. The number of aromatic nitrogens is 2. The van der Waals surface area contributed by atoms with Crippen molar-refractivity contribution < 1.29 is 4.79 Å². The van der Waals surface area contributed by atoms with Gasteiger partial charge in [0, 0.05) is 17.8 Å². The molecule has 0 bridgehead atoms. The first-order chi connectivity index (χ1) is 12.0. The van der Waals surface area contributed by atoms with E-state index in [1.54, 1.807) is 0 Å². The number of benzene rings is 1. The molecule has 25 heavy (non-hydrogen) atoms. The van der Waals surface area contributed by atoms with Crippen LogP contribution in [-0.2, 0) is 4.79 Å². The average molecular weight is 377 g/mol. The third-order valence-electron chi connectivity index (χ3n) is 4.51. The van der Waals surface area contributed by atoms with Gasteiger partial charge < -0.3 is 10.2 Å². The zero-order valence-corrected chi connectivity index (χ0v) is 16.5. The van der Waals surface area contributed by atoms with Crippen molar-refractivity contribution in [1.29, 1.82) is 0 Å². The van der Waals surface area contributed by atoms with Crippen LogP contribution in [0.25, 0.3) is 0 Å². The van der Waals surface area contributed by atoms with Crippen LogP contribution < -0.4 is 5.32 Å². The van der Waals surface area contributed by atoms with Crippen molar-refractivity contribution >= 4 is 39.8 Å². The van der Waals surface area contributed by atoms with Crippen molar-refractivity contribution in [3.05, 3.63) is 29.8 Å². The minimum Gasteiger partial charge on any atom is -0.337 e. The smallest absolute Gasteiger partial charge is 0.233 e. The number of hydrogen-bond donors (Lipinski definition) is 1. The van der Waals surface area contributed by atoms with Gasteiger partial charge in [0.15, 0.2) is 4.34 Å². The summed E-state index contributed by atoms with van der Waals surface area (Å²) in [6.45, 7) is 6.35. The highest BCUT2D eigenvalue weighted by Gasteiger charge is 2.28. The Morgan fingerprint density at radius 1 is 1.24 bits per heavy atom. The number of carbonyl (C=O) groups is 1. The summed E-state index contributed by atoms with van der Waals surface area (Å²) in [7, 11) is 0. The van der Waals surface area contributed by atoms with Gasteiger partial charge in [0.1, 0.15) is 0 Å². The summed E-state index contributed by atoms with van der Waals surface area (Å²) in [5.41, 5.74) is 2.21. The second kappa shape index (κ2) is 8.19. The fourth-order valence-electron chi connectivity index (χ4n) is 3.19. The molecule has 3 rings (SSSR count). The lowest BCUT2D eigenvalue weighted by Gasteiger charge is -2.39. The number of hydrogen-bond acceptors (Lipinski definition) is 6. The molecule has 2 heterocycles. The first kappa shape index (κ1) is 18.2. The highest BCUT2D eigenvalue weighted by molar-refractivity contribution is 8.01. The van der Waals surface area contributed by atoms with Gasteiger partial charge in [-0.1, -0.05) is 40.8 Å². The Bertz CT molecular complexity index is 706. The predicted molar refractivity (Wildman–Crippen MR) is 105 cm³/mol. The molecule has 1 amide bonds. The fourth-order valence-corrected chi connectivity index (χ4v) is 4.83. The number of likely N-dealkylation sites (tertiary alicyclic amines) is 1. The van der Waals surface area contributed by atoms with E-state index < -0.39 is 0 Å². The van der Waals surface area contributed by atoms with Gasteiger partial charge in [-0.15, -0.1) is 10.2 Å². The van der Waals surface area contributed by atoms with E-state index in [1.165, 1.54) is 35.1 Å². The van der Waals surface area contributed by atoms with Crippen LogP contribution in [0.2, 0.25) is 0 Å². The van der Waals surface area contributed by atoms with Gasteiger partial charge in [0.25, 0.3) is 0 Å². The van der Waals surface area contributed by atoms with E-state index in [4.69, 9.17) is 0 Å². The molecule has 7 heteroatoms. The molecule has 1 N–H and O–H groups in total. The molecule has 0 spiro atoms. The zero-order chi connectivity index (χ0) is 17.8. The maximum Gasteiger partial charge on any atom is 0.233 e. The van der Waals surface area contributed by atoms with Gasteiger partial charge in [0.2, 0.25) is 11.0 Å². The molecular formula is C18H24N4OS2. The van der Waals surface area contributed by atoms with Gasteiger partial charge in [-0.3, -0.25) is 4.79 Å². The molecular weight excluding hydrogens is 352 g/mol. The summed E-state index contributed by atoms with van der Waals surface area (Å²) in [6.07, 6.45) is 3.41. The van der Waals surface area contributed by atoms with Gasteiger partial charge in [-0.25, -0.2) is 0 Å². The van der Waals surface area contributed by atoms with Crippen LogP contribution in [-0.4, -0.2) is 38.8 Å². The van der Waals surface area contributed by atoms with E-state index in [9.17, 15) is 4.79 Å². The second-order valence-electron chi connectivity index (χ2n) is 6.58. The van der Waals surface area contributed by atoms with Crippen LogP contribution in [0.4, 0.5) is 10.8 Å². The summed E-state index contributed by atoms with van der Waals surface area (Å²) in [4.78, 5) is 14.6. The molecule has 0 saturated carbocycles. The zero-order valence-electron chi connectivity index (χ0n) is 14.9. The Kier molecular flexibility index (Phi) is 5.96. The van der Waals surface area contributed by atoms with Crippen molar-refractivity contribution in [2.75, 3.05) is 11.1 Å². The summed E-state index contributed by atoms with van der Waals surface area (Å²) in [5, 5.41) is 12.4. The number of amides is 1. The summed E-state index contributed by atoms with van der Waals surface area (Å²) >= 11 is 2.95. The molecule has 1 saturated heterocycles. The molecule has 1 fully saturated rings. The molecule has 5 nitrogen and oxygen atoms in total. The highest BCUT2D eigenvalue weighted by Crippen LogP contribution is 2.29. The number of thioether (sulfide) groups is 1. The van der Waals surface area contributed by atoms with Crippen LogP contribution in [0.5, 0.6) is 0 Å². The molecule has 1 aliphatic heterocycles. The number of carbonyl (C=O) groups excluding carboxylic acids is 1. The number of nitrogens with one attached hydrogen (secondary N) is 1. The van der Waals surface area contributed by atoms with E-state index in [2.05, 4.69) is 48.4 Å². The molecule has 2 aromatic rings. The minimum absolute atomic E-state index is 0.202. The van der Waals surface area contributed by atoms with Crippen molar-refractivity contribution in [2.45, 2.75) is 56.5 Å². The van der Waals surface area contributed by atoms with E-state index in [0.717, 1.165) is 28.0 Å². The van der Waals surface area contributed by atoms with Crippen LogP contribution in [0.15, 0.2) is 28.6 Å². The van der Waals surface area contributed by atoms with Gasteiger partial charge in [-0.05, 0) is 52.2 Å². The standard InChI is InChI=1S/C18H24N4OS2/c1-12-7-9-15(10-8-12)19-17-20-21-18(25-17)24-11-16(23)22-13(2)5-4-6-14(22)3/h7-10,13-14H,4-6,11H2,1-3H3,(H,19,20)/t13-,14-/m1/s1.